The fraction of sp³-hybridized carbons (Fsp3) is 0.500. The van der Waals surface area contributed by atoms with E-state index < -0.39 is 42.2 Å². The van der Waals surface area contributed by atoms with Crippen molar-refractivity contribution in [2.45, 2.75) is 32.6 Å². The fourth-order valence-corrected chi connectivity index (χ4v) is 3.97. The van der Waals surface area contributed by atoms with Crippen LogP contribution in [0.25, 0.3) is 0 Å². The van der Waals surface area contributed by atoms with Gasteiger partial charge in [-0.3, -0.25) is 24.1 Å². The first-order chi connectivity index (χ1) is 13.8. The van der Waals surface area contributed by atoms with Gasteiger partial charge in [0.25, 0.3) is 0 Å². The summed E-state index contributed by atoms with van der Waals surface area (Å²) in [6.45, 7) is 0.878. The zero-order valence-corrected chi connectivity index (χ0v) is 16.1. The van der Waals surface area contributed by atoms with Gasteiger partial charge in [-0.15, -0.1) is 0 Å². The molecule has 1 saturated carbocycles. The Labute approximate surface area is 167 Å². The molecule has 2 aliphatic rings. The SMILES string of the molecule is CCN(CC(=O)Nc1c(F)cccc1F)C(=O)CN1C(=O)[C@@H]2CCCC[C@H]2C1=O. The lowest BCUT2D eigenvalue weighted by Crippen LogP contribution is -2.45. The number of carbonyl (C=O) groups is 4. The van der Waals surface area contributed by atoms with Gasteiger partial charge in [-0.05, 0) is 31.9 Å². The van der Waals surface area contributed by atoms with Gasteiger partial charge in [0, 0.05) is 6.54 Å². The second-order valence-electron chi connectivity index (χ2n) is 7.31. The van der Waals surface area contributed by atoms with Crippen molar-refractivity contribution in [3.63, 3.8) is 0 Å². The van der Waals surface area contributed by atoms with Crippen LogP contribution in [0.2, 0.25) is 0 Å². The number of nitrogens with one attached hydrogen (secondary N) is 1. The normalized spacial score (nSPS) is 21.1. The number of amides is 4. The van der Waals surface area contributed by atoms with Crippen LogP contribution in [0.15, 0.2) is 18.2 Å². The molecule has 1 aliphatic heterocycles. The van der Waals surface area contributed by atoms with E-state index in [-0.39, 0.29) is 30.2 Å². The predicted molar refractivity (Wildman–Crippen MR) is 99.4 cm³/mol. The average molecular weight is 407 g/mol. The zero-order valence-electron chi connectivity index (χ0n) is 16.1. The molecule has 1 N–H and O–H groups in total. The van der Waals surface area contributed by atoms with Gasteiger partial charge in [0.2, 0.25) is 23.6 Å². The van der Waals surface area contributed by atoms with Gasteiger partial charge in [-0.25, -0.2) is 8.78 Å². The molecular formula is C20H23F2N3O4. The van der Waals surface area contributed by atoms with Crippen molar-refractivity contribution < 1.29 is 28.0 Å². The monoisotopic (exact) mass is 407 g/mol. The Balaban J connectivity index is 1.62. The summed E-state index contributed by atoms with van der Waals surface area (Å²) in [6, 6.07) is 3.18. The lowest BCUT2D eigenvalue weighted by atomic mass is 9.81. The van der Waals surface area contributed by atoms with Gasteiger partial charge in [0.15, 0.2) is 0 Å². The maximum Gasteiger partial charge on any atom is 0.244 e. The number of carbonyl (C=O) groups excluding carboxylic acids is 4. The van der Waals surface area contributed by atoms with E-state index in [2.05, 4.69) is 5.32 Å². The molecule has 2 fully saturated rings. The van der Waals surface area contributed by atoms with Crippen molar-refractivity contribution >= 4 is 29.3 Å². The molecule has 1 aliphatic carbocycles. The van der Waals surface area contributed by atoms with Crippen LogP contribution in [0.4, 0.5) is 14.5 Å². The smallest absolute Gasteiger partial charge is 0.244 e. The number of anilines is 1. The van der Waals surface area contributed by atoms with E-state index in [0.717, 1.165) is 34.8 Å². The minimum absolute atomic E-state index is 0.134. The molecule has 29 heavy (non-hydrogen) atoms. The molecule has 1 aromatic carbocycles. The van der Waals surface area contributed by atoms with Gasteiger partial charge >= 0.3 is 0 Å². The molecule has 1 saturated heterocycles. The first kappa shape index (κ1) is 20.9. The summed E-state index contributed by atoms with van der Waals surface area (Å²) in [5, 5.41) is 2.12. The molecule has 7 nitrogen and oxygen atoms in total. The number of benzene rings is 1. The number of likely N-dealkylation sites (N-methyl/N-ethyl adjacent to an activating group) is 1. The molecule has 4 amide bonds. The summed E-state index contributed by atoms with van der Waals surface area (Å²) in [5.74, 6) is -4.58. The van der Waals surface area contributed by atoms with Gasteiger partial charge in [-0.1, -0.05) is 18.9 Å². The van der Waals surface area contributed by atoms with Crippen LogP contribution in [-0.2, 0) is 19.2 Å². The minimum Gasteiger partial charge on any atom is -0.332 e. The van der Waals surface area contributed by atoms with Crippen LogP contribution >= 0.6 is 0 Å². The first-order valence-electron chi connectivity index (χ1n) is 9.70. The van der Waals surface area contributed by atoms with Crippen LogP contribution in [0.5, 0.6) is 0 Å². The standard InChI is InChI=1S/C20H23F2N3O4/c1-2-24(10-16(26)23-18-14(21)8-5-9-15(18)22)17(27)11-25-19(28)12-6-3-4-7-13(12)20(25)29/h5,8-9,12-13H,2-4,6-7,10-11H2,1H3,(H,23,26)/t12-,13-/m1/s1. The summed E-state index contributed by atoms with van der Waals surface area (Å²) in [5.41, 5.74) is -0.588. The molecular weight excluding hydrogens is 384 g/mol. The van der Waals surface area contributed by atoms with Gasteiger partial charge in [-0.2, -0.15) is 0 Å². The third kappa shape index (κ3) is 4.28. The molecule has 0 spiro atoms. The molecule has 1 heterocycles. The van der Waals surface area contributed by atoms with E-state index >= 15 is 0 Å². The third-order valence-corrected chi connectivity index (χ3v) is 5.52. The van der Waals surface area contributed by atoms with Crippen molar-refractivity contribution in [3.05, 3.63) is 29.8 Å². The highest BCUT2D eigenvalue weighted by Gasteiger charge is 2.48. The van der Waals surface area contributed by atoms with Crippen LogP contribution in [0.1, 0.15) is 32.6 Å². The largest absolute Gasteiger partial charge is 0.332 e. The average Bonchev–Trinajstić information content (AvgIpc) is 2.94. The second kappa shape index (κ2) is 8.67. The van der Waals surface area contributed by atoms with Gasteiger partial charge in [0.1, 0.15) is 23.9 Å². The van der Waals surface area contributed by atoms with E-state index in [0.29, 0.717) is 12.8 Å². The Hall–Kier alpha value is -2.84. The number of hydrogen-bond donors (Lipinski definition) is 1. The minimum atomic E-state index is -0.927. The van der Waals surface area contributed by atoms with E-state index in [9.17, 15) is 28.0 Å². The number of hydrogen-bond acceptors (Lipinski definition) is 4. The van der Waals surface area contributed by atoms with Crippen molar-refractivity contribution in [2.24, 2.45) is 11.8 Å². The first-order valence-corrected chi connectivity index (χ1v) is 9.70. The summed E-state index contributed by atoms with van der Waals surface area (Å²) < 4.78 is 27.3. The number of fused-ring (bicyclic) bond motifs is 1. The van der Waals surface area contributed by atoms with Crippen molar-refractivity contribution in [3.8, 4) is 0 Å². The molecule has 0 radical (unpaired) electrons. The number of likely N-dealkylation sites (tertiary alicyclic amines) is 1. The summed E-state index contributed by atoms with van der Waals surface area (Å²) >= 11 is 0. The highest BCUT2D eigenvalue weighted by Crippen LogP contribution is 2.37. The Morgan fingerprint density at radius 1 is 1.10 bits per heavy atom. The maximum absolute atomic E-state index is 13.7. The Kier molecular flexibility index (Phi) is 6.24. The highest BCUT2D eigenvalue weighted by molar-refractivity contribution is 6.07. The van der Waals surface area contributed by atoms with Crippen molar-refractivity contribution in [1.82, 2.24) is 9.80 Å². The number of para-hydroxylation sites is 1. The van der Waals surface area contributed by atoms with E-state index in [1.165, 1.54) is 6.07 Å². The molecule has 1 aromatic rings. The lowest BCUT2D eigenvalue weighted by Gasteiger charge is -2.23. The fourth-order valence-electron chi connectivity index (χ4n) is 3.97. The molecule has 9 heteroatoms. The van der Waals surface area contributed by atoms with Crippen LogP contribution in [0.3, 0.4) is 0 Å². The lowest BCUT2D eigenvalue weighted by molar-refractivity contribution is -0.146. The molecule has 3 rings (SSSR count). The zero-order chi connectivity index (χ0) is 21.1. The van der Waals surface area contributed by atoms with E-state index in [4.69, 9.17) is 0 Å². The summed E-state index contributed by atoms with van der Waals surface area (Å²) in [4.78, 5) is 51.9. The van der Waals surface area contributed by atoms with Crippen LogP contribution in [-0.4, -0.2) is 53.1 Å². The van der Waals surface area contributed by atoms with Crippen molar-refractivity contribution in [1.29, 1.82) is 0 Å². The highest BCUT2D eigenvalue weighted by atomic mass is 19.1. The topological polar surface area (TPSA) is 86.8 Å². The molecule has 0 unspecified atom stereocenters. The Morgan fingerprint density at radius 3 is 2.17 bits per heavy atom. The van der Waals surface area contributed by atoms with Gasteiger partial charge < -0.3 is 10.2 Å². The third-order valence-electron chi connectivity index (χ3n) is 5.52. The Morgan fingerprint density at radius 2 is 1.66 bits per heavy atom. The summed E-state index contributed by atoms with van der Waals surface area (Å²) in [7, 11) is 0. The van der Waals surface area contributed by atoms with E-state index in [1.807, 2.05) is 0 Å². The molecule has 0 bridgehead atoms. The van der Waals surface area contributed by atoms with E-state index in [1.54, 1.807) is 6.92 Å². The summed E-state index contributed by atoms with van der Waals surface area (Å²) in [6.07, 6.45) is 3.06. The molecule has 156 valence electrons. The number of nitrogens with zero attached hydrogens (tertiary/aromatic N) is 2. The van der Waals surface area contributed by atoms with Gasteiger partial charge in [0.05, 0.1) is 18.4 Å². The second-order valence-corrected chi connectivity index (χ2v) is 7.31. The van der Waals surface area contributed by atoms with Crippen LogP contribution < -0.4 is 5.32 Å². The van der Waals surface area contributed by atoms with Crippen LogP contribution in [0, 0.1) is 23.5 Å². The molecule has 0 aromatic heterocycles. The van der Waals surface area contributed by atoms with Crippen molar-refractivity contribution in [2.75, 3.05) is 25.0 Å². The number of imide groups is 1. The Bertz CT molecular complexity index is 801. The number of halogens is 2. The quantitative estimate of drug-likeness (QED) is 0.730. The number of rotatable bonds is 6. The maximum atomic E-state index is 13.7. The predicted octanol–water partition coefficient (Wildman–Crippen LogP) is 1.93. The molecule has 2 atom stereocenters.